The van der Waals surface area contributed by atoms with Gasteiger partial charge in [0, 0.05) is 44.6 Å². The summed E-state index contributed by atoms with van der Waals surface area (Å²) < 4.78 is 17.0. The number of carbonyl (C=O) groups is 2. The zero-order valence-corrected chi connectivity index (χ0v) is 30.0. The van der Waals surface area contributed by atoms with Crippen LogP contribution >= 0.6 is 0 Å². The second-order valence-corrected chi connectivity index (χ2v) is 13.9. The van der Waals surface area contributed by atoms with E-state index >= 15 is 0 Å². The summed E-state index contributed by atoms with van der Waals surface area (Å²) in [6.07, 6.45) is -0.307. The number of hydrogen-bond donors (Lipinski definition) is 3. The van der Waals surface area contributed by atoms with Crippen molar-refractivity contribution in [2.75, 3.05) is 27.3 Å². The Morgan fingerprint density at radius 1 is 0.815 bits per heavy atom. The number of nitrogens with one attached hydrogen (secondary N) is 2. The van der Waals surface area contributed by atoms with Gasteiger partial charge < -0.3 is 29.3 Å². The Hall–Kier alpha value is -6.16. The highest BCUT2D eigenvalue weighted by Crippen LogP contribution is 2.42. The fourth-order valence-electron chi connectivity index (χ4n) is 7.70. The van der Waals surface area contributed by atoms with Gasteiger partial charge in [0.1, 0.15) is 23.8 Å². The number of benzene rings is 4. The van der Waals surface area contributed by atoms with Gasteiger partial charge in [0.05, 0.1) is 53.4 Å². The number of amides is 2. The number of H-pyrrole nitrogens is 2. The number of aromatic amines is 2. The maximum Gasteiger partial charge on any atom is 0.410 e. The zero-order valence-electron chi connectivity index (χ0n) is 30.0. The van der Waals surface area contributed by atoms with E-state index in [1.54, 1.807) is 19.1 Å². The topological polar surface area (TPSA) is 146 Å². The molecule has 0 unspecified atom stereocenters. The minimum Gasteiger partial charge on any atom is -0.465 e. The normalized spacial score (nSPS) is 21.0. The smallest absolute Gasteiger partial charge is 0.410 e. The summed E-state index contributed by atoms with van der Waals surface area (Å²) in [5, 5.41) is 10.3. The Balaban J connectivity index is 1.03. The molecule has 2 amide bonds. The van der Waals surface area contributed by atoms with Crippen LogP contribution in [0.1, 0.15) is 52.8 Å². The predicted molar refractivity (Wildman–Crippen MR) is 202 cm³/mol. The molecule has 0 radical (unpaired) electrons. The molecular weight excluding hydrogens is 684 g/mol. The van der Waals surface area contributed by atoms with Crippen LogP contribution in [0.3, 0.4) is 0 Å². The van der Waals surface area contributed by atoms with Crippen LogP contribution in [0.15, 0.2) is 97.1 Å². The summed E-state index contributed by atoms with van der Waals surface area (Å²) in [4.78, 5) is 45.6. The Labute approximate surface area is 312 Å². The van der Waals surface area contributed by atoms with E-state index in [9.17, 15) is 14.7 Å². The van der Waals surface area contributed by atoms with E-state index in [-0.39, 0.29) is 31.4 Å². The number of aromatic nitrogens is 4. The highest BCUT2D eigenvalue weighted by molar-refractivity contribution is 5.79. The third kappa shape index (κ3) is 6.87. The fourth-order valence-corrected chi connectivity index (χ4v) is 7.70. The van der Waals surface area contributed by atoms with E-state index in [1.807, 2.05) is 97.1 Å². The van der Waals surface area contributed by atoms with E-state index in [0.29, 0.717) is 43.0 Å². The number of carbonyl (C=O) groups excluding carboxylic acids is 1. The average Bonchev–Trinajstić information content (AvgIpc) is 4.00. The van der Waals surface area contributed by atoms with Crippen LogP contribution in [-0.2, 0) is 32.8 Å². The van der Waals surface area contributed by atoms with Crippen LogP contribution in [0.2, 0.25) is 0 Å². The molecule has 3 N–H and O–H groups in total. The summed E-state index contributed by atoms with van der Waals surface area (Å²) in [5.41, 5.74) is 5.61. The number of fused-ring (bicyclic) bond motifs is 2. The molecule has 4 aromatic carbocycles. The summed E-state index contributed by atoms with van der Waals surface area (Å²) in [7, 11) is 3.26. The highest BCUT2D eigenvalue weighted by atomic mass is 16.6. The lowest BCUT2D eigenvalue weighted by Gasteiger charge is -2.35. The maximum absolute atomic E-state index is 13.2. The van der Waals surface area contributed by atoms with Gasteiger partial charge in [-0.15, -0.1) is 0 Å². The number of hydrogen-bond acceptors (Lipinski definition) is 7. The molecule has 4 heterocycles. The highest BCUT2D eigenvalue weighted by Gasteiger charge is 2.52. The fraction of sp³-hybridized carbons (Fsp3) is 0.286. The number of rotatable bonds is 8. The molecule has 12 heteroatoms. The summed E-state index contributed by atoms with van der Waals surface area (Å²) >= 11 is 0. The van der Waals surface area contributed by atoms with Gasteiger partial charge in [-0.3, -0.25) is 9.80 Å². The van der Waals surface area contributed by atoms with Crippen LogP contribution in [-0.4, -0.2) is 86.5 Å². The zero-order chi connectivity index (χ0) is 37.2. The number of nitrogens with zero attached hydrogens (tertiary/aromatic N) is 4. The van der Waals surface area contributed by atoms with Crippen LogP contribution < -0.4 is 0 Å². The molecule has 4 atom stereocenters. The number of methoxy groups -OCH3 is 2. The van der Waals surface area contributed by atoms with Crippen molar-refractivity contribution in [2.45, 2.75) is 49.7 Å². The minimum atomic E-state index is -1.01. The Morgan fingerprint density at radius 2 is 1.52 bits per heavy atom. The SMILES string of the molecule is CO[C@@H]1C[C@@H](c2nc3ccc(C#Cc4ccc5[nH]c([C@]6(Cc7ccccc7)C[C@@H](OC)CN6C(=O)O)nc5c4)cc3[nH]2)N(C(=O)OCc2ccccc2)C1. The summed E-state index contributed by atoms with van der Waals surface area (Å²) in [6.45, 7) is 0.844. The summed E-state index contributed by atoms with van der Waals surface area (Å²) in [6, 6.07) is 30.7. The first-order valence-corrected chi connectivity index (χ1v) is 17.9. The lowest BCUT2D eigenvalue weighted by atomic mass is 9.86. The van der Waals surface area contributed by atoms with Crippen molar-refractivity contribution >= 4 is 34.3 Å². The number of carboxylic acid groups (broad SMARTS) is 1. The van der Waals surface area contributed by atoms with Crippen LogP contribution in [0.5, 0.6) is 0 Å². The van der Waals surface area contributed by atoms with Crippen molar-refractivity contribution in [3.05, 3.63) is 131 Å². The van der Waals surface area contributed by atoms with E-state index in [0.717, 1.165) is 38.8 Å². The molecule has 0 bridgehead atoms. The molecule has 274 valence electrons. The molecule has 6 aromatic rings. The van der Waals surface area contributed by atoms with Gasteiger partial charge in [-0.05, 0) is 47.5 Å². The van der Waals surface area contributed by atoms with Gasteiger partial charge in [-0.2, -0.15) is 0 Å². The third-order valence-electron chi connectivity index (χ3n) is 10.5. The molecule has 0 spiro atoms. The van der Waals surface area contributed by atoms with Crippen molar-refractivity contribution in [1.82, 2.24) is 29.7 Å². The predicted octanol–water partition coefficient (Wildman–Crippen LogP) is 6.77. The van der Waals surface area contributed by atoms with E-state index in [2.05, 4.69) is 21.8 Å². The molecule has 2 aromatic heterocycles. The molecule has 12 nitrogen and oxygen atoms in total. The lowest BCUT2D eigenvalue weighted by molar-refractivity contribution is 0.0795. The Bertz CT molecular complexity index is 2370. The molecule has 2 aliphatic rings. The van der Waals surface area contributed by atoms with Crippen molar-refractivity contribution in [1.29, 1.82) is 0 Å². The molecular formula is C42H40N6O6. The van der Waals surface area contributed by atoms with Crippen molar-refractivity contribution < 1.29 is 28.9 Å². The van der Waals surface area contributed by atoms with E-state index in [1.165, 1.54) is 4.90 Å². The van der Waals surface area contributed by atoms with E-state index in [4.69, 9.17) is 24.2 Å². The van der Waals surface area contributed by atoms with Gasteiger partial charge in [0.15, 0.2) is 0 Å². The van der Waals surface area contributed by atoms with Gasteiger partial charge in [-0.25, -0.2) is 19.6 Å². The van der Waals surface area contributed by atoms with Gasteiger partial charge in [0.2, 0.25) is 0 Å². The number of imidazole rings is 2. The molecule has 0 saturated carbocycles. The Kier molecular flexibility index (Phi) is 9.50. The van der Waals surface area contributed by atoms with Crippen LogP contribution in [0.4, 0.5) is 9.59 Å². The summed E-state index contributed by atoms with van der Waals surface area (Å²) in [5.74, 6) is 7.78. The first kappa shape index (κ1) is 34.9. The molecule has 8 rings (SSSR count). The van der Waals surface area contributed by atoms with Gasteiger partial charge in [-0.1, -0.05) is 72.5 Å². The first-order chi connectivity index (χ1) is 26.3. The number of likely N-dealkylation sites (tertiary alicyclic amines) is 2. The standard InChI is InChI=1S/C42H40N6O6/c1-52-31-21-37(47(24-31)41(51)54-26-30-11-7-4-8-12-30)38-43-33-17-15-27(19-35(33)44-38)13-14-28-16-18-34-36(20-28)46-39(45-34)42(22-29-9-5-3-6-10-29)23-32(53-2)25-48(42)40(49)50/h3-12,15-20,31-32,37H,21-26H2,1-2H3,(H,43,44)(H,45,46)(H,49,50)/t31-,32-,37+,42+/m1/s1. The van der Waals surface area contributed by atoms with Gasteiger partial charge >= 0.3 is 12.2 Å². The number of ether oxygens (including phenoxy) is 3. The molecule has 2 saturated heterocycles. The molecule has 0 aliphatic carbocycles. The first-order valence-electron chi connectivity index (χ1n) is 17.9. The van der Waals surface area contributed by atoms with Crippen molar-refractivity contribution in [3.63, 3.8) is 0 Å². The second kappa shape index (κ2) is 14.7. The molecule has 54 heavy (non-hydrogen) atoms. The monoisotopic (exact) mass is 724 g/mol. The van der Waals surface area contributed by atoms with Crippen molar-refractivity contribution in [2.24, 2.45) is 0 Å². The third-order valence-corrected chi connectivity index (χ3v) is 10.5. The average molecular weight is 725 g/mol. The van der Waals surface area contributed by atoms with Crippen LogP contribution in [0.25, 0.3) is 22.1 Å². The molecule has 2 fully saturated rings. The minimum absolute atomic E-state index is 0.136. The Morgan fingerprint density at radius 3 is 2.24 bits per heavy atom. The van der Waals surface area contributed by atoms with Gasteiger partial charge in [0.25, 0.3) is 0 Å². The lowest BCUT2D eigenvalue weighted by Crippen LogP contribution is -2.46. The quantitative estimate of drug-likeness (QED) is 0.146. The largest absolute Gasteiger partial charge is 0.465 e. The van der Waals surface area contributed by atoms with Crippen molar-refractivity contribution in [3.8, 4) is 11.8 Å². The maximum atomic E-state index is 13.2. The second-order valence-electron chi connectivity index (χ2n) is 13.9. The van der Waals surface area contributed by atoms with Crippen LogP contribution in [0, 0.1) is 11.8 Å². The van der Waals surface area contributed by atoms with E-state index < -0.39 is 17.7 Å². The molecule has 2 aliphatic heterocycles.